The fourth-order valence-corrected chi connectivity index (χ4v) is 4.04. The van der Waals surface area contributed by atoms with Crippen LogP contribution in [-0.2, 0) is 16.1 Å². The molecule has 1 amide bonds. The average Bonchev–Trinajstić information content (AvgIpc) is 2.54. The number of hydrogen-bond donors (Lipinski definition) is 2. The van der Waals surface area contributed by atoms with Gasteiger partial charge in [-0.1, -0.05) is 13.8 Å². The van der Waals surface area contributed by atoms with Gasteiger partial charge in [0.15, 0.2) is 0 Å². The minimum absolute atomic E-state index is 0. The molecule has 1 aromatic carbocycles. The Kier molecular flexibility index (Phi) is 5.23. The molecular weight excluding hydrogens is 338 g/mol. The van der Waals surface area contributed by atoms with Crippen LogP contribution in [-0.4, -0.2) is 24.2 Å². The summed E-state index contributed by atoms with van der Waals surface area (Å²) in [4.78, 5) is 12.7. The standard InChI is InChI=1S/C17H22F2N2O2.ClH/c1-16(2)14-12(4-3-7-23-14)17(16,20)15(22)21-9-10-8-11(18)5-6-13(10)19;/h5-6,8,12,14H,3-4,7,9,20H2,1-2H3,(H,21,22);1H. The van der Waals surface area contributed by atoms with Gasteiger partial charge in [-0.05, 0) is 31.0 Å². The second kappa shape index (κ2) is 6.58. The third kappa shape index (κ3) is 2.70. The lowest BCUT2D eigenvalue weighted by Crippen LogP contribution is -2.82. The van der Waals surface area contributed by atoms with Crippen molar-refractivity contribution in [2.45, 2.75) is 44.9 Å². The first-order valence-corrected chi connectivity index (χ1v) is 7.91. The number of rotatable bonds is 3. The third-order valence-corrected chi connectivity index (χ3v) is 5.51. The molecular formula is C17H23ClF2N2O2. The van der Waals surface area contributed by atoms with E-state index >= 15 is 0 Å². The number of ether oxygens (including phenoxy) is 1. The molecule has 3 rings (SSSR count). The minimum Gasteiger partial charge on any atom is -0.377 e. The fraction of sp³-hybridized carbons (Fsp3) is 0.588. The predicted octanol–water partition coefficient (Wildman–Crippen LogP) is 2.54. The van der Waals surface area contributed by atoms with Crippen LogP contribution in [0.3, 0.4) is 0 Å². The molecule has 4 nitrogen and oxygen atoms in total. The molecule has 24 heavy (non-hydrogen) atoms. The molecule has 2 aliphatic rings. The molecule has 3 N–H and O–H groups in total. The Morgan fingerprint density at radius 3 is 2.83 bits per heavy atom. The summed E-state index contributed by atoms with van der Waals surface area (Å²) in [5, 5.41) is 2.67. The minimum atomic E-state index is -1.05. The van der Waals surface area contributed by atoms with Crippen molar-refractivity contribution in [1.29, 1.82) is 0 Å². The molecule has 1 aromatic rings. The maximum Gasteiger partial charge on any atom is 0.241 e. The van der Waals surface area contributed by atoms with Gasteiger partial charge in [0.25, 0.3) is 0 Å². The van der Waals surface area contributed by atoms with Gasteiger partial charge in [-0.2, -0.15) is 0 Å². The SMILES string of the molecule is CC1(C)C2OCCCC2C1(N)C(=O)NCc1cc(F)ccc1F.Cl. The molecule has 1 aliphatic carbocycles. The van der Waals surface area contributed by atoms with E-state index < -0.39 is 22.6 Å². The van der Waals surface area contributed by atoms with Gasteiger partial charge in [0, 0.05) is 30.0 Å². The van der Waals surface area contributed by atoms with E-state index in [4.69, 9.17) is 10.5 Å². The number of fused-ring (bicyclic) bond motifs is 1. The van der Waals surface area contributed by atoms with E-state index in [2.05, 4.69) is 5.32 Å². The van der Waals surface area contributed by atoms with Crippen molar-refractivity contribution in [3.05, 3.63) is 35.4 Å². The number of halogens is 3. The van der Waals surface area contributed by atoms with Crippen LogP contribution < -0.4 is 11.1 Å². The Bertz CT molecular complexity index is 641. The molecule has 0 aromatic heterocycles. The van der Waals surface area contributed by atoms with E-state index in [1.54, 1.807) is 0 Å². The summed E-state index contributed by atoms with van der Waals surface area (Å²) in [6, 6.07) is 3.18. The summed E-state index contributed by atoms with van der Waals surface area (Å²) in [7, 11) is 0. The molecule has 0 bridgehead atoms. The molecule has 1 aliphatic heterocycles. The van der Waals surface area contributed by atoms with E-state index in [1.165, 1.54) is 0 Å². The Labute approximate surface area is 146 Å². The maximum absolute atomic E-state index is 13.7. The van der Waals surface area contributed by atoms with Gasteiger partial charge >= 0.3 is 0 Å². The number of carbonyl (C=O) groups excluding carboxylic acids is 1. The quantitative estimate of drug-likeness (QED) is 0.870. The predicted molar refractivity (Wildman–Crippen MR) is 88.6 cm³/mol. The van der Waals surface area contributed by atoms with Crippen molar-refractivity contribution >= 4 is 18.3 Å². The summed E-state index contributed by atoms with van der Waals surface area (Å²) in [6.45, 7) is 4.44. The number of benzene rings is 1. The van der Waals surface area contributed by atoms with Crippen LogP contribution in [0.2, 0.25) is 0 Å². The topological polar surface area (TPSA) is 64.3 Å². The Morgan fingerprint density at radius 2 is 2.12 bits per heavy atom. The van der Waals surface area contributed by atoms with Gasteiger partial charge in [-0.25, -0.2) is 8.78 Å². The highest BCUT2D eigenvalue weighted by molar-refractivity contribution is 5.89. The van der Waals surface area contributed by atoms with Crippen molar-refractivity contribution < 1.29 is 18.3 Å². The molecule has 0 spiro atoms. The summed E-state index contributed by atoms with van der Waals surface area (Å²) in [5.41, 5.74) is 5.01. The molecule has 1 saturated carbocycles. The highest BCUT2D eigenvalue weighted by Gasteiger charge is 2.70. The molecule has 0 radical (unpaired) electrons. The van der Waals surface area contributed by atoms with Crippen LogP contribution in [0.1, 0.15) is 32.3 Å². The van der Waals surface area contributed by atoms with E-state index in [0.717, 1.165) is 31.0 Å². The second-order valence-corrected chi connectivity index (χ2v) is 7.05. The van der Waals surface area contributed by atoms with Crippen molar-refractivity contribution in [3.63, 3.8) is 0 Å². The van der Waals surface area contributed by atoms with Gasteiger partial charge < -0.3 is 15.8 Å². The van der Waals surface area contributed by atoms with Crippen LogP contribution in [0, 0.1) is 23.0 Å². The van der Waals surface area contributed by atoms with E-state index in [9.17, 15) is 13.6 Å². The largest absolute Gasteiger partial charge is 0.377 e. The zero-order chi connectivity index (χ0) is 16.8. The number of amides is 1. The highest BCUT2D eigenvalue weighted by atomic mass is 35.5. The summed E-state index contributed by atoms with van der Waals surface area (Å²) >= 11 is 0. The van der Waals surface area contributed by atoms with Crippen molar-refractivity contribution in [1.82, 2.24) is 5.32 Å². The molecule has 1 saturated heterocycles. The van der Waals surface area contributed by atoms with Crippen LogP contribution in [0.4, 0.5) is 8.78 Å². The first-order valence-electron chi connectivity index (χ1n) is 7.91. The van der Waals surface area contributed by atoms with E-state index in [-0.39, 0.29) is 42.4 Å². The van der Waals surface area contributed by atoms with Gasteiger partial charge in [0.2, 0.25) is 5.91 Å². The third-order valence-electron chi connectivity index (χ3n) is 5.51. The number of nitrogens with two attached hydrogens (primary N) is 1. The zero-order valence-corrected chi connectivity index (χ0v) is 14.6. The molecule has 134 valence electrons. The second-order valence-electron chi connectivity index (χ2n) is 7.05. The van der Waals surface area contributed by atoms with Crippen LogP contribution in [0.5, 0.6) is 0 Å². The van der Waals surface area contributed by atoms with Gasteiger partial charge in [-0.3, -0.25) is 4.79 Å². The molecule has 1 heterocycles. The van der Waals surface area contributed by atoms with Crippen LogP contribution >= 0.6 is 12.4 Å². The normalized spacial score (nSPS) is 30.5. The van der Waals surface area contributed by atoms with Gasteiger partial charge in [0.05, 0.1) is 6.10 Å². The molecule has 7 heteroatoms. The van der Waals surface area contributed by atoms with Gasteiger partial charge in [-0.15, -0.1) is 12.4 Å². The highest BCUT2D eigenvalue weighted by Crippen LogP contribution is 2.57. The summed E-state index contributed by atoms with van der Waals surface area (Å²) < 4.78 is 32.6. The Balaban J connectivity index is 0.00000208. The monoisotopic (exact) mass is 360 g/mol. The van der Waals surface area contributed by atoms with Gasteiger partial charge in [0.1, 0.15) is 17.2 Å². The molecule has 2 fully saturated rings. The maximum atomic E-state index is 13.7. The van der Waals surface area contributed by atoms with Crippen LogP contribution in [0.25, 0.3) is 0 Å². The number of hydrogen-bond acceptors (Lipinski definition) is 3. The van der Waals surface area contributed by atoms with E-state index in [0.29, 0.717) is 6.61 Å². The number of carbonyl (C=O) groups is 1. The van der Waals surface area contributed by atoms with Crippen molar-refractivity contribution in [3.8, 4) is 0 Å². The number of nitrogens with one attached hydrogen (secondary N) is 1. The van der Waals surface area contributed by atoms with Crippen molar-refractivity contribution in [2.24, 2.45) is 17.1 Å². The lowest BCUT2D eigenvalue weighted by Gasteiger charge is -2.65. The first kappa shape index (κ1) is 19.1. The summed E-state index contributed by atoms with van der Waals surface area (Å²) in [6.07, 6.45) is 1.69. The average molecular weight is 361 g/mol. The zero-order valence-electron chi connectivity index (χ0n) is 13.8. The molecule has 3 atom stereocenters. The Hall–Kier alpha value is -1.24. The lowest BCUT2D eigenvalue weighted by atomic mass is 9.46. The molecule has 3 unspecified atom stereocenters. The van der Waals surface area contributed by atoms with E-state index in [1.807, 2.05) is 13.8 Å². The Morgan fingerprint density at radius 1 is 1.42 bits per heavy atom. The summed E-state index contributed by atoms with van der Waals surface area (Å²) in [5.74, 6) is -1.46. The first-order chi connectivity index (χ1) is 10.8. The smallest absolute Gasteiger partial charge is 0.241 e. The fourth-order valence-electron chi connectivity index (χ4n) is 4.04. The van der Waals surface area contributed by atoms with Crippen LogP contribution in [0.15, 0.2) is 18.2 Å². The van der Waals surface area contributed by atoms with Crippen molar-refractivity contribution in [2.75, 3.05) is 6.61 Å². The lowest BCUT2D eigenvalue weighted by molar-refractivity contribution is -0.225.